The first-order valence-electron chi connectivity index (χ1n) is 7.27. The van der Waals surface area contributed by atoms with Gasteiger partial charge in [-0.3, -0.25) is 0 Å². The van der Waals surface area contributed by atoms with Crippen LogP contribution in [0.25, 0.3) is 5.57 Å². The standard InChI is InChI=1S/C17H15NO4S/c1-12-11-21-22-17-16(12)14-9-5-6-10-15(14)18(17)23(19,20)13-7-3-2-4-8-13/h2-10,17H,11H2,1H3/t17-/m0/s1. The van der Waals surface area contributed by atoms with Crippen LogP contribution in [0.1, 0.15) is 12.5 Å². The van der Waals surface area contributed by atoms with Gasteiger partial charge in [-0.2, -0.15) is 0 Å². The minimum Gasteiger partial charge on any atom is -0.231 e. The second kappa shape index (κ2) is 5.19. The van der Waals surface area contributed by atoms with E-state index in [-0.39, 0.29) is 4.90 Å². The Bertz CT molecular complexity index is 890. The zero-order valence-electron chi connectivity index (χ0n) is 12.5. The number of anilines is 1. The lowest BCUT2D eigenvalue weighted by atomic mass is 10.0. The summed E-state index contributed by atoms with van der Waals surface area (Å²) in [5.41, 5.74) is 3.32. The molecule has 118 valence electrons. The molecule has 5 nitrogen and oxygen atoms in total. The van der Waals surface area contributed by atoms with Crippen LogP contribution in [0.15, 0.2) is 65.1 Å². The molecule has 0 fully saturated rings. The Morgan fingerprint density at radius 1 is 1.04 bits per heavy atom. The summed E-state index contributed by atoms with van der Waals surface area (Å²) in [7, 11) is -3.75. The first-order valence-corrected chi connectivity index (χ1v) is 8.71. The lowest BCUT2D eigenvalue weighted by Gasteiger charge is -2.29. The highest BCUT2D eigenvalue weighted by molar-refractivity contribution is 7.93. The molecule has 0 aliphatic carbocycles. The third kappa shape index (κ3) is 2.10. The van der Waals surface area contributed by atoms with Crippen molar-refractivity contribution in [1.29, 1.82) is 0 Å². The van der Waals surface area contributed by atoms with E-state index in [1.54, 1.807) is 36.4 Å². The maximum Gasteiger partial charge on any atom is 0.266 e. The molecular formula is C17H15NO4S. The van der Waals surface area contributed by atoms with E-state index in [9.17, 15) is 8.42 Å². The number of sulfonamides is 1. The molecule has 23 heavy (non-hydrogen) atoms. The molecule has 0 saturated heterocycles. The molecule has 2 aliphatic rings. The van der Waals surface area contributed by atoms with Gasteiger partial charge in [-0.05, 0) is 30.7 Å². The van der Waals surface area contributed by atoms with Crippen LogP contribution in [0.4, 0.5) is 5.69 Å². The minimum absolute atomic E-state index is 0.225. The molecule has 0 bridgehead atoms. The molecule has 0 spiro atoms. The molecule has 2 heterocycles. The largest absolute Gasteiger partial charge is 0.266 e. The van der Waals surface area contributed by atoms with Gasteiger partial charge >= 0.3 is 0 Å². The molecule has 2 aliphatic heterocycles. The van der Waals surface area contributed by atoms with Gasteiger partial charge in [0.2, 0.25) is 6.23 Å². The second-order valence-electron chi connectivity index (χ2n) is 5.54. The highest BCUT2D eigenvalue weighted by Gasteiger charge is 2.45. The monoisotopic (exact) mass is 329 g/mol. The van der Waals surface area contributed by atoms with E-state index in [0.29, 0.717) is 12.3 Å². The van der Waals surface area contributed by atoms with E-state index < -0.39 is 16.3 Å². The third-order valence-electron chi connectivity index (χ3n) is 4.09. The molecule has 0 saturated carbocycles. The van der Waals surface area contributed by atoms with Crippen LogP contribution in [0.5, 0.6) is 0 Å². The Morgan fingerprint density at radius 3 is 2.52 bits per heavy atom. The number of fused-ring (bicyclic) bond motifs is 3. The van der Waals surface area contributed by atoms with Crippen LogP contribution in [-0.2, 0) is 19.8 Å². The molecule has 0 unspecified atom stereocenters. The summed E-state index contributed by atoms with van der Waals surface area (Å²) in [6.07, 6.45) is -0.786. The lowest BCUT2D eigenvalue weighted by molar-refractivity contribution is -0.308. The fraction of sp³-hybridized carbons (Fsp3) is 0.176. The molecule has 1 atom stereocenters. The number of nitrogens with zero attached hydrogens (tertiary/aromatic N) is 1. The Balaban J connectivity index is 1.94. The summed E-state index contributed by atoms with van der Waals surface area (Å²) in [5.74, 6) is 0. The fourth-order valence-electron chi connectivity index (χ4n) is 3.02. The molecule has 2 aromatic carbocycles. The summed E-state index contributed by atoms with van der Waals surface area (Å²) >= 11 is 0. The zero-order valence-corrected chi connectivity index (χ0v) is 13.3. The summed E-state index contributed by atoms with van der Waals surface area (Å²) in [6.45, 7) is 2.26. The van der Waals surface area contributed by atoms with Crippen molar-refractivity contribution >= 4 is 21.3 Å². The van der Waals surface area contributed by atoms with E-state index in [2.05, 4.69) is 0 Å². The van der Waals surface area contributed by atoms with Crippen LogP contribution < -0.4 is 4.31 Å². The van der Waals surface area contributed by atoms with E-state index >= 15 is 0 Å². The number of benzene rings is 2. The molecule has 0 N–H and O–H groups in total. The smallest absolute Gasteiger partial charge is 0.231 e. The van der Waals surface area contributed by atoms with E-state index in [1.165, 1.54) is 4.31 Å². The van der Waals surface area contributed by atoms with Gasteiger partial charge in [0.25, 0.3) is 10.0 Å². The number of rotatable bonds is 2. The second-order valence-corrected chi connectivity index (χ2v) is 7.35. The van der Waals surface area contributed by atoms with E-state index in [4.69, 9.17) is 9.78 Å². The summed E-state index contributed by atoms with van der Waals surface area (Å²) in [6, 6.07) is 15.8. The van der Waals surface area contributed by atoms with Gasteiger partial charge in [0, 0.05) is 11.1 Å². The van der Waals surface area contributed by atoms with Crippen LogP contribution in [-0.4, -0.2) is 21.3 Å². The maximum atomic E-state index is 13.1. The van der Waals surface area contributed by atoms with Crippen molar-refractivity contribution < 1.29 is 18.2 Å². The number of hydrogen-bond donors (Lipinski definition) is 0. The van der Waals surface area contributed by atoms with Gasteiger partial charge in [0.15, 0.2) is 0 Å². The predicted molar refractivity (Wildman–Crippen MR) is 86.0 cm³/mol. The molecule has 0 amide bonds. The quantitative estimate of drug-likeness (QED) is 0.795. The van der Waals surface area contributed by atoms with Crippen molar-refractivity contribution in [2.24, 2.45) is 0 Å². The minimum atomic E-state index is -3.75. The molecular weight excluding hydrogens is 314 g/mol. The lowest BCUT2D eigenvalue weighted by Crippen LogP contribution is -2.40. The molecule has 0 aromatic heterocycles. The van der Waals surface area contributed by atoms with Gasteiger partial charge in [-0.15, -0.1) is 0 Å². The average molecular weight is 329 g/mol. The van der Waals surface area contributed by atoms with Gasteiger partial charge in [0.05, 0.1) is 10.6 Å². The molecule has 0 radical (unpaired) electrons. The van der Waals surface area contributed by atoms with Crippen molar-refractivity contribution in [3.8, 4) is 0 Å². The van der Waals surface area contributed by atoms with Crippen molar-refractivity contribution in [3.63, 3.8) is 0 Å². The highest BCUT2D eigenvalue weighted by atomic mass is 32.2. The number of para-hydroxylation sites is 1. The van der Waals surface area contributed by atoms with Crippen molar-refractivity contribution in [2.45, 2.75) is 18.0 Å². The van der Waals surface area contributed by atoms with Gasteiger partial charge in [-0.25, -0.2) is 22.5 Å². The molecule has 6 heteroatoms. The Hall–Kier alpha value is -2.15. The van der Waals surface area contributed by atoms with Crippen LogP contribution in [0.2, 0.25) is 0 Å². The third-order valence-corrected chi connectivity index (χ3v) is 5.86. The van der Waals surface area contributed by atoms with Crippen LogP contribution in [0.3, 0.4) is 0 Å². The van der Waals surface area contributed by atoms with Crippen molar-refractivity contribution in [1.82, 2.24) is 0 Å². The Labute approximate surface area is 134 Å². The molecule has 4 rings (SSSR count). The summed E-state index contributed by atoms with van der Waals surface area (Å²) in [5, 5.41) is 0. The average Bonchev–Trinajstić information content (AvgIpc) is 2.92. The first kappa shape index (κ1) is 14.4. The van der Waals surface area contributed by atoms with Crippen LogP contribution >= 0.6 is 0 Å². The van der Waals surface area contributed by atoms with Gasteiger partial charge in [0.1, 0.15) is 6.61 Å². The van der Waals surface area contributed by atoms with E-state index in [1.807, 2.05) is 25.1 Å². The SMILES string of the molecule is CC1=C2c3ccccc3N(S(=O)(=O)c3ccccc3)[C@H]2OOC1. The topological polar surface area (TPSA) is 55.8 Å². The maximum absolute atomic E-state index is 13.1. The van der Waals surface area contributed by atoms with Crippen LogP contribution in [0, 0.1) is 0 Å². The zero-order chi connectivity index (χ0) is 16.0. The Morgan fingerprint density at radius 2 is 1.74 bits per heavy atom. The predicted octanol–water partition coefficient (Wildman–Crippen LogP) is 2.96. The van der Waals surface area contributed by atoms with Gasteiger partial charge in [-0.1, -0.05) is 36.4 Å². The van der Waals surface area contributed by atoms with Crippen molar-refractivity contribution in [3.05, 3.63) is 65.7 Å². The fourth-order valence-corrected chi connectivity index (χ4v) is 4.56. The highest BCUT2D eigenvalue weighted by Crippen LogP contribution is 2.46. The molecule has 2 aromatic rings. The summed E-state index contributed by atoms with van der Waals surface area (Å²) in [4.78, 5) is 10.7. The van der Waals surface area contributed by atoms with Crippen molar-refractivity contribution in [2.75, 3.05) is 10.9 Å². The first-order chi connectivity index (χ1) is 11.1. The van der Waals surface area contributed by atoms with E-state index in [0.717, 1.165) is 16.7 Å². The number of hydrogen-bond acceptors (Lipinski definition) is 4. The van der Waals surface area contributed by atoms with Gasteiger partial charge < -0.3 is 0 Å². The normalized spacial score (nSPS) is 20.4. The Kier molecular flexibility index (Phi) is 3.26. The summed E-state index contributed by atoms with van der Waals surface area (Å²) < 4.78 is 27.6.